The average Bonchev–Trinajstić information content (AvgIpc) is 3.70. The minimum Gasteiger partial charge on any atom is -0.468 e. The van der Waals surface area contributed by atoms with E-state index in [1.54, 1.807) is 10.9 Å². The Labute approximate surface area is 214 Å². The predicted octanol–water partition coefficient (Wildman–Crippen LogP) is 3.37. The summed E-state index contributed by atoms with van der Waals surface area (Å²) >= 11 is 0. The van der Waals surface area contributed by atoms with Crippen LogP contribution in [0, 0.1) is 6.92 Å². The Kier molecular flexibility index (Phi) is 6.86. The van der Waals surface area contributed by atoms with Gasteiger partial charge in [0.25, 0.3) is 5.56 Å². The van der Waals surface area contributed by atoms with E-state index in [0.717, 1.165) is 61.1 Å². The summed E-state index contributed by atoms with van der Waals surface area (Å²) in [5.74, 6) is 1.41. The molecule has 2 aliphatic rings. The molecule has 10 heteroatoms. The molecule has 6 rings (SSSR count). The van der Waals surface area contributed by atoms with Crippen molar-refractivity contribution in [1.29, 1.82) is 0 Å². The average molecular weight is 505 g/mol. The van der Waals surface area contributed by atoms with Crippen LogP contribution in [0.5, 0.6) is 0 Å². The van der Waals surface area contributed by atoms with Gasteiger partial charge in [-0.2, -0.15) is 0 Å². The Morgan fingerprint density at radius 3 is 2.73 bits per heavy atom. The number of aryl methyl sites for hydroxylation is 1. The summed E-state index contributed by atoms with van der Waals surface area (Å²) in [4.78, 5) is 18.9. The zero-order valence-corrected chi connectivity index (χ0v) is 21.0. The molecule has 1 aromatic carbocycles. The maximum atomic E-state index is 13.6. The summed E-state index contributed by atoms with van der Waals surface area (Å²) in [5.41, 5.74) is 2.35. The molecule has 1 N–H and O–H groups in total. The number of aromatic nitrogens is 5. The van der Waals surface area contributed by atoms with Crippen LogP contribution < -0.4 is 5.56 Å². The molecule has 10 nitrogen and oxygen atoms in total. The van der Waals surface area contributed by atoms with E-state index in [4.69, 9.17) is 13.9 Å². The largest absolute Gasteiger partial charge is 0.468 e. The van der Waals surface area contributed by atoms with Crippen molar-refractivity contribution in [3.8, 4) is 0 Å². The molecule has 2 aliphatic heterocycles. The lowest BCUT2D eigenvalue weighted by atomic mass is 10.0. The van der Waals surface area contributed by atoms with Gasteiger partial charge in [-0.05, 0) is 78.8 Å². The molecule has 0 bridgehead atoms. The Bertz CT molecular complexity index is 1390. The zero-order valence-electron chi connectivity index (χ0n) is 21.0. The molecule has 0 aliphatic carbocycles. The molecule has 194 valence electrons. The maximum absolute atomic E-state index is 13.6. The fourth-order valence-corrected chi connectivity index (χ4v) is 5.48. The number of nitrogens with one attached hydrogen (secondary N) is 1. The van der Waals surface area contributed by atoms with Gasteiger partial charge in [0, 0.05) is 30.8 Å². The predicted molar refractivity (Wildman–Crippen MR) is 136 cm³/mol. The zero-order chi connectivity index (χ0) is 25.2. The number of tetrazole rings is 1. The Balaban J connectivity index is 1.47. The summed E-state index contributed by atoms with van der Waals surface area (Å²) in [6.07, 6.45) is 5.76. The molecule has 0 radical (unpaired) electrons. The lowest BCUT2D eigenvalue weighted by Crippen LogP contribution is -2.39. The van der Waals surface area contributed by atoms with Crippen LogP contribution in [-0.2, 0) is 22.6 Å². The number of nitrogens with zero attached hydrogens (tertiary/aromatic N) is 5. The molecule has 5 heterocycles. The molecule has 0 spiro atoms. The monoisotopic (exact) mass is 504 g/mol. The topological polar surface area (TPSA) is 111 Å². The van der Waals surface area contributed by atoms with Crippen LogP contribution in [0.1, 0.15) is 54.4 Å². The van der Waals surface area contributed by atoms with E-state index in [1.165, 1.54) is 0 Å². The van der Waals surface area contributed by atoms with E-state index in [0.29, 0.717) is 31.0 Å². The Morgan fingerprint density at radius 1 is 1.14 bits per heavy atom. The molecule has 0 saturated carbocycles. The highest BCUT2D eigenvalue weighted by Crippen LogP contribution is 2.31. The van der Waals surface area contributed by atoms with Crippen LogP contribution in [0.4, 0.5) is 0 Å². The van der Waals surface area contributed by atoms with Gasteiger partial charge in [0.05, 0.1) is 31.6 Å². The van der Waals surface area contributed by atoms with Crippen LogP contribution in [0.3, 0.4) is 0 Å². The van der Waals surface area contributed by atoms with Crippen LogP contribution in [0.15, 0.2) is 51.9 Å². The van der Waals surface area contributed by atoms with Gasteiger partial charge in [0.15, 0.2) is 5.82 Å². The lowest BCUT2D eigenvalue weighted by Gasteiger charge is -2.32. The van der Waals surface area contributed by atoms with Gasteiger partial charge in [-0.15, -0.1) is 5.10 Å². The molecule has 3 aromatic heterocycles. The highest BCUT2D eigenvalue weighted by molar-refractivity contribution is 5.79. The second kappa shape index (κ2) is 10.6. The normalized spacial score (nSPS) is 20.8. The number of rotatable bonds is 9. The van der Waals surface area contributed by atoms with E-state index in [9.17, 15) is 4.79 Å². The van der Waals surface area contributed by atoms with Crippen LogP contribution >= 0.6 is 0 Å². The number of benzene rings is 1. The van der Waals surface area contributed by atoms with Crippen molar-refractivity contribution in [2.45, 2.75) is 63.9 Å². The van der Waals surface area contributed by atoms with E-state index < -0.39 is 6.04 Å². The number of hydrogen-bond donors (Lipinski definition) is 1. The number of ether oxygens (including phenoxy) is 2. The Hall–Kier alpha value is -3.34. The molecule has 3 atom stereocenters. The first kappa shape index (κ1) is 24.0. The van der Waals surface area contributed by atoms with Gasteiger partial charge in [-0.3, -0.25) is 9.69 Å². The van der Waals surface area contributed by atoms with Crippen LogP contribution in [0.2, 0.25) is 0 Å². The van der Waals surface area contributed by atoms with E-state index in [-0.39, 0.29) is 17.8 Å². The second-order valence-electron chi connectivity index (χ2n) is 10.0. The molecule has 2 saturated heterocycles. The van der Waals surface area contributed by atoms with Gasteiger partial charge in [0.1, 0.15) is 11.8 Å². The minimum atomic E-state index is -0.514. The van der Waals surface area contributed by atoms with Gasteiger partial charge < -0.3 is 18.9 Å². The van der Waals surface area contributed by atoms with Crippen molar-refractivity contribution in [2.75, 3.05) is 19.8 Å². The van der Waals surface area contributed by atoms with Gasteiger partial charge in [0.2, 0.25) is 0 Å². The first-order valence-electron chi connectivity index (χ1n) is 13.0. The molecular weight excluding hydrogens is 472 g/mol. The van der Waals surface area contributed by atoms with Crippen LogP contribution in [-0.4, -0.2) is 62.1 Å². The summed E-state index contributed by atoms with van der Waals surface area (Å²) < 4.78 is 19.4. The van der Waals surface area contributed by atoms with Crippen molar-refractivity contribution >= 4 is 10.9 Å². The molecule has 37 heavy (non-hydrogen) atoms. The highest BCUT2D eigenvalue weighted by atomic mass is 16.5. The summed E-state index contributed by atoms with van der Waals surface area (Å²) in [5, 5.41) is 13.8. The molecule has 0 amide bonds. The number of pyridine rings is 1. The molecule has 4 aromatic rings. The molecular formula is C27H32N6O4. The standard InChI is InChI=1S/C27H32N6O4/c1-18-8-9-24-19(13-18)14-23(27(34)28-24)25(26-29-30-31-33(26)17-22-7-4-12-37-22)32(15-20-5-2-10-35-20)16-21-6-3-11-36-21/h2,5,8-10,13-14,21-22,25H,3-4,6-7,11-12,15-17H2,1H3,(H,28,34)/t21-,22-,25-/m0/s1. The van der Waals surface area contributed by atoms with Crippen molar-refractivity contribution in [3.63, 3.8) is 0 Å². The number of hydrogen-bond acceptors (Lipinski definition) is 8. The first-order valence-corrected chi connectivity index (χ1v) is 13.0. The third-order valence-electron chi connectivity index (χ3n) is 7.29. The summed E-state index contributed by atoms with van der Waals surface area (Å²) in [6, 6.07) is 11.3. The number of furan rings is 1. The fourth-order valence-electron chi connectivity index (χ4n) is 5.48. The van der Waals surface area contributed by atoms with Crippen molar-refractivity contribution in [3.05, 3.63) is 75.7 Å². The third-order valence-corrected chi connectivity index (χ3v) is 7.29. The minimum absolute atomic E-state index is 0.0529. The Morgan fingerprint density at radius 2 is 1.97 bits per heavy atom. The third kappa shape index (κ3) is 5.22. The van der Waals surface area contributed by atoms with E-state index >= 15 is 0 Å². The SMILES string of the molecule is Cc1ccc2[nH]c(=O)c([C@@H](c3nnnn3C[C@@H]3CCCO3)N(Cc3ccco3)C[C@@H]3CCCO3)cc2c1. The number of fused-ring (bicyclic) bond motifs is 1. The molecule has 2 fully saturated rings. The van der Waals surface area contributed by atoms with E-state index in [1.807, 2.05) is 37.3 Å². The quantitative estimate of drug-likeness (QED) is 0.369. The smallest absolute Gasteiger partial charge is 0.253 e. The van der Waals surface area contributed by atoms with Crippen LogP contribution in [0.25, 0.3) is 10.9 Å². The second-order valence-corrected chi connectivity index (χ2v) is 10.0. The highest BCUT2D eigenvalue weighted by Gasteiger charge is 2.34. The van der Waals surface area contributed by atoms with Crippen molar-refractivity contribution < 1.29 is 13.9 Å². The fraction of sp³-hybridized carbons (Fsp3) is 0.481. The van der Waals surface area contributed by atoms with Crippen molar-refractivity contribution in [2.24, 2.45) is 0 Å². The number of aromatic amines is 1. The number of H-pyrrole nitrogens is 1. The van der Waals surface area contributed by atoms with E-state index in [2.05, 4.69) is 31.5 Å². The summed E-state index contributed by atoms with van der Waals surface area (Å²) in [7, 11) is 0. The lowest BCUT2D eigenvalue weighted by molar-refractivity contribution is 0.0528. The maximum Gasteiger partial charge on any atom is 0.253 e. The van der Waals surface area contributed by atoms with Gasteiger partial charge >= 0.3 is 0 Å². The van der Waals surface area contributed by atoms with Gasteiger partial charge in [-0.1, -0.05) is 11.6 Å². The molecule has 0 unspecified atom stereocenters. The first-order chi connectivity index (χ1) is 18.1. The van der Waals surface area contributed by atoms with Crippen molar-refractivity contribution in [1.82, 2.24) is 30.1 Å². The van der Waals surface area contributed by atoms with Gasteiger partial charge in [-0.25, -0.2) is 4.68 Å². The summed E-state index contributed by atoms with van der Waals surface area (Å²) in [6.45, 7) is 5.18.